The van der Waals surface area contributed by atoms with Gasteiger partial charge in [0.15, 0.2) is 0 Å². The molecule has 0 radical (unpaired) electrons. The Labute approximate surface area is 84.4 Å². The van der Waals surface area contributed by atoms with E-state index in [2.05, 4.69) is 17.9 Å². The molecule has 0 aliphatic heterocycles. The average molecular weight is 225 g/mol. The molecule has 0 spiro atoms. The quantitative estimate of drug-likeness (QED) is 0.632. The van der Waals surface area contributed by atoms with E-state index >= 15 is 0 Å². The second kappa shape index (κ2) is 5.49. The maximum atomic E-state index is 11.1. The Kier molecular flexibility index (Phi) is 5.39. The zero-order valence-corrected chi connectivity index (χ0v) is 9.49. The molecule has 1 amide bonds. The molecule has 0 saturated heterocycles. The smallest absolute Gasteiger partial charge is 0.223 e. The van der Waals surface area contributed by atoms with E-state index in [1.165, 1.54) is 0 Å². The van der Waals surface area contributed by atoms with E-state index in [1.807, 2.05) is 0 Å². The summed E-state index contributed by atoms with van der Waals surface area (Å²) in [6, 6.07) is 0. The van der Waals surface area contributed by atoms with Crippen LogP contribution >= 0.6 is 12.6 Å². The van der Waals surface area contributed by atoms with Crippen LogP contribution in [0.25, 0.3) is 0 Å². The Bertz CT molecular complexity index is 261. The van der Waals surface area contributed by atoms with E-state index in [-0.39, 0.29) is 24.1 Å². The zero-order valence-electron chi connectivity index (χ0n) is 7.78. The molecule has 0 aromatic rings. The molecule has 0 bridgehead atoms. The second-order valence-corrected chi connectivity index (χ2v) is 5.63. The van der Waals surface area contributed by atoms with Crippen molar-refractivity contribution in [1.82, 2.24) is 5.32 Å². The van der Waals surface area contributed by atoms with Crippen molar-refractivity contribution in [2.45, 2.75) is 6.92 Å². The van der Waals surface area contributed by atoms with Gasteiger partial charge in [-0.1, -0.05) is 6.92 Å². The highest BCUT2D eigenvalue weighted by molar-refractivity contribution is 7.90. The molecule has 13 heavy (non-hydrogen) atoms. The summed E-state index contributed by atoms with van der Waals surface area (Å²) in [5, 5.41) is 2.52. The third-order valence-corrected chi connectivity index (χ3v) is 2.99. The first kappa shape index (κ1) is 12.8. The van der Waals surface area contributed by atoms with Crippen molar-refractivity contribution >= 4 is 28.4 Å². The Morgan fingerprint density at radius 3 is 2.46 bits per heavy atom. The van der Waals surface area contributed by atoms with Crippen molar-refractivity contribution in [3.63, 3.8) is 0 Å². The molecule has 4 nitrogen and oxygen atoms in total. The summed E-state index contributed by atoms with van der Waals surface area (Å²) in [7, 11) is -2.99. The predicted octanol–water partition coefficient (Wildman–Crippen LogP) is -0.287. The van der Waals surface area contributed by atoms with Crippen molar-refractivity contribution in [1.29, 1.82) is 0 Å². The topological polar surface area (TPSA) is 63.2 Å². The van der Waals surface area contributed by atoms with E-state index < -0.39 is 9.84 Å². The van der Waals surface area contributed by atoms with Crippen molar-refractivity contribution in [3.05, 3.63) is 0 Å². The minimum atomic E-state index is -2.99. The van der Waals surface area contributed by atoms with Gasteiger partial charge in [-0.3, -0.25) is 4.79 Å². The number of rotatable bonds is 5. The summed E-state index contributed by atoms with van der Waals surface area (Å²) >= 11 is 3.95. The summed E-state index contributed by atoms with van der Waals surface area (Å²) in [5.41, 5.74) is 0. The zero-order chi connectivity index (χ0) is 10.5. The Morgan fingerprint density at radius 1 is 1.54 bits per heavy atom. The lowest BCUT2D eigenvalue weighted by Crippen LogP contribution is -2.33. The van der Waals surface area contributed by atoms with Gasteiger partial charge in [-0.25, -0.2) is 8.42 Å². The van der Waals surface area contributed by atoms with Gasteiger partial charge < -0.3 is 5.32 Å². The van der Waals surface area contributed by atoms with Crippen LogP contribution in [0, 0.1) is 5.92 Å². The van der Waals surface area contributed by atoms with Gasteiger partial charge in [0.05, 0.1) is 5.75 Å². The molecule has 0 aromatic carbocycles. The molecule has 0 aliphatic rings. The molecule has 1 N–H and O–H groups in total. The number of nitrogens with one attached hydrogen (secondary N) is 1. The number of carbonyl (C=O) groups excluding carboxylic acids is 1. The number of hydrogen-bond acceptors (Lipinski definition) is 4. The van der Waals surface area contributed by atoms with Gasteiger partial charge in [-0.05, 0) is 0 Å². The molecule has 6 heteroatoms. The maximum absolute atomic E-state index is 11.1. The van der Waals surface area contributed by atoms with Gasteiger partial charge in [0.2, 0.25) is 5.91 Å². The van der Waals surface area contributed by atoms with Gasteiger partial charge in [0.1, 0.15) is 9.84 Å². The van der Waals surface area contributed by atoms with Crippen LogP contribution in [0.2, 0.25) is 0 Å². The SMILES string of the molecule is C[C@H](CS)C(=O)NCCS(C)(=O)=O. The van der Waals surface area contributed by atoms with Crippen LogP contribution in [0.4, 0.5) is 0 Å². The van der Waals surface area contributed by atoms with Crippen LogP contribution < -0.4 is 5.32 Å². The second-order valence-electron chi connectivity index (χ2n) is 3.00. The molecule has 1 atom stereocenters. The normalized spacial score (nSPS) is 13.8. The van der Waals surface area contributed by atoms with Crippen LogP contribution in [0.1, 0.15) is 6.92 Å². The monoisotopic (exact) mass is 225 g/mol. The molecule has 0 saturated carbocycles. The third-order valence-electron chi connectivity index (χ3n) is 1.49. The minimum absolute atomic E-state index is 0.0158. The van der Waals surface area contributed by atoms with E-state index in [9.17, 15) is 13.2 Å². The minimum Gasteiger partial charge on any atom is -0.355 e. The first-order valence-electron chi connectivity index (χ1n) is 3.93. The molecule has 0 aromatic heterocycles. The van der Waals surface area contributed by atoms with Gasteiger partial charge in [0.25, 0.3) is 0 Å². The summed E-state index contributed by atoms with van der Waals surface area (Å²) in [5.74, 6) is 0.115. The Hall–Kier alpha value is -0.230. The van der Waals surface area contributed by atoms with Crippen LogP contribution in [0.5, 0.6) is 0 Å². The van der Waals surface area contributed by atoms with Gasteiger partial charge in [-0.15, -0.1) is 0 Å². The maximum Gasteiger partial charge on any atom is 0.223 e. The lowest BCUT2D eigenvalue weighted by Gasteiger charge is -2.08. The molecule has 0 fully saturated rings. The fourth-order valence-electron chi connectivity index (χ4n) is 0.617. The van der Waals surface area contributed by atoms with Crippen LogP contribution in [0.3, 0.4) is 0 Å². The summed E-state index contributed by atoms with van der Waals surface area (Å²) in [6.45, 7) is 1.92. The van der Waals surface area contributed by atoms with Crippen molar-refractivity contribution < 1.29 is 13.2 Å². The largest absolute Gasteiger partial charge is 0.355 e. The highest BCUT2D eigenvalue weighted by atomic mass is 32.2. The average Bonchev–Trinajstić information content (AvgIpc) is 2.00. The number of sulfone groups is 1. The van der Waals surface area contributed by atoms with Crippen LogP contribution in [0.15, 0.2) is 0 Å². The number of carbonyl (C=O) groups is 1. The van der Waals surface area contributed by atoms with Gasteiger partial charge in [0, 0.05) is 24.5 Å². The molecule has 0 aliphatic carbocycles. The Morgan fingerprint density at radius 2 is 2.08 bits per heavy atom. The number of hydrogen-bond donors (Lipinski definition) is 2. The predicted molar refractivity (Wildman–Crippen MR) is 55.7 cm³/mol. The molecule has 78 valence electrons. The molecule has 0 unspecified atom stereocenters. The van der Waals surface area contributed by atoms with Crippen molar-refractivity contribution in [3.8, 4) is 0 Å². The van der Waals surface area contributed by atoms with E-state index in [1.54, 1.807) is 6.92 Å². The first-order valence-corrected chi connectivity index (χ1v) is 6.62. The van der Waals surface area contributed by atoms with E-state index in [0.717, 1.165) is 6.26 Å². The van der Waals surface area contributed by atoms with E-state index in [0.29, 0.717) is 5.75 Å². The number of amides is 1. The number of thiol groups is 1. The molecule has 0 heterocycles. The standard InChI is InChI=1S/C7H15NO3S2/c1-6(5-12)7(9)8-3-4-13(2,10)11/h6,12H,3-5H2,1-2H3,(H,8,9)/t6-/m1/s1. The van der Waals surface area contributed by atoms with Crippen molar-refractivity contribution in [2.24, 2.45) is 5.92 Å². The summed E-state index contributed by atoms with van der Waals surface area (Å²) in [6.07, 6.45) is 1.14. The lowest BCUT2D eigenvalue weighted by atomic mass is 10.2. The fraction of sp³-hybridized carbons (Fsp3) is 0.857. The first-order chi connectivity index (χ1) is 5.87. The highest BCUT2D eigenvalue weighted by Crippen LogP contribution is 1.96. The fourth-order valence-corrected chi connectivity index (χ4v) is 1.26. The van der Waals surface area contributed by atoms with Crippen molar-refractivity contribution in [2.75, 3.05) is 24.3 Å². The van der Waals surface area contributed by atoms with Crippen LogP contribution in [-0.4, -0.2) is 38.6 Å². The third kappa shape index (κ3) is 6.89. The molecule has 0 rings (SSSR count). The summed E-state index contributed by atoms with van der Waals surface area (Å²) < 4.78 is 21.4. The van der Waals surface area contributed by atoms with Gasteiger partial charge >= 0.3 is 0 Å². The molecular formula is C7H15NO3S2. The summed E-state index contributed by atoms with van der Waals surface area (Å²) in [4.78, 5) is 11.1. The highest BCUT2D eigenvalue weighted by Gasteiger charge is 2.10. The lowest BCUT2D eigenvalue weighted by molar-refractivity contribution is -0.123. The Balaban J connectivity index is 3.72. The van der Waals surface area contributed by atoms with Crippen LogP contribution in [-0.2, 0) is 14.6 Å². The molecular weight excluding hydrogens is 210 g/mol. The van der Waals surface area contributed by atoms with Gasteiger partial charge in [-0.2, -0.15) is 12.6 Å². The van der Waals surface area contributed by atoms with E-state index in [4.69, 9.17) is 0 Å².